The molecule has 0 amide bonds. The lowest BCUT2D eigenvalue weighted by Crippen LogP contribution is -2.08. The predicted octanol–water partition coefficient (Wildman–Crippen LogP) is 2.25. The van der Waals surface area contributed by atoms with Crippen molar-refractivity contribution in [1.29, 1.82) is 0 Å². The highest BCUT2D eigenvalue weighted by molar-refractivity contribution is 9.08. The van der Waals surface area contributed by atoms with E-state index in [9.17, 15) is 0 Å². The standard InChI is InChI=1S/C9H11BrN2/c10-5-9-11-6-7-3-1-2-4-8(7)12-9/h6H,1-5H2. The van der Waals surface area contributed by atoms with Crippen LogP contribution in [0.3, 0.4) is 0 Å². The molecule has 1 aliphatic carbocycles. The zero-order valence-electron chi connectivity index (χ0n) is 6.89. The van der Waals surface area contributed by atoms with E-state index in [1.165, 1.54) is 24.1 Å². The number of halogens is 1. The summed E-state index contributed by atoms with van der Waals surface area (Å²) in [5.41, 5.74) is 2.62. The van der Waals surface area contributed by atoms with Crippen LogP contribution in [0.4, 0.5) is 0 Å². The molecule has 0 atom stereocenters. The van der Waals surface area contributed by atoms with Crippen LogP contribution in [0.1, 0.15) is 29.9 Å². The molecule has 12 heavy (non-hydrogen) atoms. The maximum Gasteiger partial charge on any atom is 0.139 e. The Labute approximate surface area is 80.6 Å². The second-order valence-electron chi connectivity index (χ2n) is 3.10. The number of rotatable bonds is 1. The summed E-state index contributed by atoms with van der Waals surface area (Å²) in [6.07, 6.45) is 6.86. The highest BCUT2D eigenvalue weighted by atomic mass is 79.9. The first kappa shape index (κ1) is 8.17. The van der Waals surface area contributed by atoms with Gasteiger partial charge in [-0.2, -0.15) is 0 Å². The lowest BCUT2D eigenvalue weighted by molar-refractivity contribution is 0.657. The Kier molecular flexibility index (Phi) is 2.40. The molecule has 2 rings (SSSR count). The number of fused-ring (bicyclic) bond motifs is 1. The van der Waals surface area contributed by atoms with Gasteiger partial charge in [-0.05, 0) is 31.2 Å². The van der Waals surface area contributed by atoms with Crippen LogP contribution >= 0.6 is 15.9 Å². The molecular formula is C9H11BrN2. The maximum atomic E-state index is 4.47. The van der Waals surface area contributed by atoms with E-state index in [-0.39, 0.29) is 0 Å². The van der Waals surface area contributed by atoms with Gasteiger partial charge in [0, 0.05) is 11.9 Å². The molecule has 0 spiro atoms. The van der Waals surface area contributed by atoms with Gasteiger partial charge >= 0.3 is 0 Å². The molecule has 1 aliphatic rings. The Balaban J connectivity index is 2.36. The third-order valence-electron chi connectivity index (χ3n) is 2.23. The summed E-state index contributed by atoms with van der Waals surface area (Å²) >= 11 is 3.36. The highest BCUT2D eigenvalue weighted by Gasteiger charge is 2.10. The average molecular weight is 227 g/mol. The zero-order valence-corrected chi connectivity index (χ0v) is 8.47. The molecule has 1 heterocycles. The van der Waals surface area contributed by atoms with Gasteiger partial charge in [-0.25, -0.2) is 9.97 Å². The van der Waals surface area contributed by atoms with Gasteiger partial charge in [0.2, 0.25) is 0 Å². The van der Waals surface area contributed by atoms with Crippen molar-refractivity contribution in [1.82, 2.24) is 9.97 Å². The first-order valence-corrected chi connectivity index (χ1v) is 5.42. The van der Waals surface area contributed by atoms with Crippen molar-refractivity contribution in [3.8, 4) is 0 Å². The van der Waals surface area contributed by atoms with E-state index in [1.54, 1.807) is 0 Å². The lowest BCUT2D eigenvalue weighted by atomic mass is 9.98. The quantitative estimate of drug-likeness (QED) is 0.687. The third kappa shape index (κ3) is 1.51. The van der Waals surface area contributed by atoms with Crippen molar-refractivity contribution in [2.45, 2.75) is 31.0 Å². The molecule has 0 fully saturated rings. The minimum atomic E-state index is 0.764. The van der Waals surface area contributed by atoms with Gasteiger partial charge in [0.15, 0.2) is 0 Å². The number of aryl methyl sites for hydroxylation is 2. The Hall–Kier alpha value is -0.440. The Morgan fingerprint density at radius 3 is 3.00 bits per heavy atom. The summed E-state index contributed by atoms with van der Waals surface area (Å²) in [6, 6.07) is 0. The van der Waals surface area contributed by atoms with Gasteiger partial charge in [0.1, 0.15) is 5.82 Å². The van der Waals surface area contributed by atoms with Gasteiger partial charge in [0.05, 0.1) is 5.33 Å². The number of nitrogens with zero attached hydrogens (tertiary/aromatic N) is 2. The summed E-state index contributed by atoms with van der Waals surface area (Å²) in [5, 5.41) is 0.764. The first-order valence-electron chi connectivity index (χ1n) is 4.30. The minimum absolute atomic E-state index is 0.764. The van der Waals surface area contributed by atoms with Crippen LogP contribution in [0.25, 0.3) is 0 Å². The minimum Gasteiger partial charge on any atom is -0.240 e. The van der Waals surface area contributed by atoms with Gasteiger partial charge in [-0.15, -0.1) is 0 Å². The fourth-order valence-electron chi connectivity index (χ4n) is 1.58. The van der Waals surface area contributed by atoms with Gasteiger partial charge in [0.25, 0.3) is 0 Å². The first-order chi connectivity index (χ1) is 5.90. The molecule has 1 aromatic heterocycles. The number of alkyl halides is 1. The topological polar surface area (TPSA) is 25.8 Å². The third-order valence-corrected chi connectivity index (χ3v) is 2.73. The zero-order chi connectivity index (χ0) is 8.39. The largest absolute Gasteiger partial charge is 0.240 e. The fourth-order valence-corrected chi connectivity index (χ4v) is 1.85. The summed E-state index contributed by atoms with van der Waals surface area (Å²) in [4.78, 5) is 8.73. The Bertz CT molecular complexity index is 286. The summed E-state index contributed by atoms with van der Waals surface area (Å²) in [6.45, 7) is 0. The van der Waals surface area contributed by atoms with Crippen LogP contribution in [0.2, 0.25) is 0 Å². The summed E-state index contributed by atoms with van der Waals surface area (Å²) < 4.78 is 0. The lowest BCUT2D eigenvalue weighted by Gasteiger charge is -2.13. The average Bonchev–Trinajstić information content (AvgIpc) is 2.17. The SMILES string of the molecule is BrCc1ncc2c(n1)CCCC2. The Morgan fingerprint density at radius 2 is 2.17 bits per heavy atom. The van der Waals surface area contributed by atoms with Crippen molar-refractivity contribution in [3.63, 3.8) is 0 Å². The molecule has 0 aliphatic heterocycles. The van der Waals surface area contributed by atoms with Crippen LogP contribution in [-0.2, 0) is 18.2 Å². The highest BCUT2D eigenvalue weighted by Crippen LogP contribution is 2.18. The predicted molar refractivity (Wildman–Crippen MR) is 51.3 cm³/mol. The molecule has 0 saturated heterocycles. The maximum absolute atomic E-state index is 4.47. The smallest absolute Gasteiger partial charge is 0.139 e. The molecule has 1 aromatic rings. The molecule has 0 radical (unpaired) electrons. The normalized spacial score (nSPS) is 15.8. The molecule has 0 saturated carbocycles. The van der Waals surface area contributed by atoms with Crippen LogP contribution in [0.5, 0.6) is 0 Å². The Morgan fingerprint density at radius 1 is 1.33 bits per heavy atom. The molecule has 0 unspecified atom stereocenters. The molecule has 64 valence electrons. The van der Waals surface area contributed by atoms with Crippen molar-refractivity contribution >= 4 is 15.9 Å². The van der Waals surface area contributed by atoms with Gasteiger partial charge in [-0.1, -0.05) is 15.9 Å². The second kappa shape index (κ2) is 3.52. The summed E-state index contributed by atoms with van der Waals surface area (Å²) in [5.74, 6) is 0.913. The van der Waals surface area contributed by atoms with Gasteiger partial charge < -0.3 is 0 Å². The fraction of sp³-hybridized carbons (Fsp3) is 0.556. The molecule has 0 aromatic carbocycles. The van der Waals surface area contributed by atoms with E-state index in [4.69, 9.17) is 0 Å². The van der Waals surface area contributed by atoms with Crippen LogP contribution < -0.4 is 0 Å². The van der Waals surface area contributed by atoms with Crippen molar-refractivity contribution in [2.75, 3.05) is 0 Å². The van der Waals surface area contributed by atoms with Gasteiger partial charge in [-0.3, -0.25) is 0 Å². The molecule has 3 heteroatoms. The van der Waals surface area contributed by atoms with Crippen molar-refractivity contribution in [2.24, 2.45) is 0 Å². The van der Waals surface area contributed by atoms with Crippen LogP contribution in [0, 0.1) is 0 Å². The van der Waals surface area contributed by atoms with Crippen LogP contribution in [0.15, 0.2) is 6.20 Å². The second-order valence-corrected chi connectivity index (χ2v) is 3.66. The van der Waals surface area contributed by atoms with E-state index >= 15 is 0 Å². The summed E-state index contributed by atoms with van der Waals surface area (Å²) in [7, 11) is 0. The van der Waals surface area contributed by atoms with Crippen molar-refractivity contribution in [3.05, 3.63) is 23.3 Å². The number of hydrogen-bond donors (Lipinski definition) is 0. The molecule has 2 nitrogen and oxygen atoms in total. The van der Waals surface area contributed by atoms with E-state index < -0.39 is 0 Å². The van der Waals surface area contributed by atoms with Crippen LogP contribution in [-0.4, -0.2) is 9.97 Å². The molecular weight excluding hydrogens is 216 g/mol. The van der Waals surface area contributed by atoms with E-state index in [1.807, 2.05) is 6.20 Å². The van der Waals surface area contributed by atoms with Crippen molar-refractivity contribution < 1.29 is 0 Å². The van der Waals surface area contributed by atoms with E-state index in [0.717, 1.165) is 24.0 Å². The number of aromatic nitrogens is 2. The van der Waals surface area contributed by atoms with E-state index in [0.29, 0.717) is 0 Å². The molecule has 0 bridgehead atoms. The monoisotopic (exact) mass is 226 g/mol. The number of hydrogen-bond acceptors (Lipinski definition) is 2. The van der Waals surface area contributed by atoms with E-state index in [2.05, 4.69) is 25.9 Å². The molecule has 0 N–H and O–H groups in total.